The zero-order chi connectivity index (χ0) is 19.3. The van der Waals surface area contributed by atoms with E-state index in [1.807, 2.05) is 45.9 Å². The third-order valence-electron chi connectivity index (χ3n) is 4.25. The number of hydrogen-bond acceptors (Lipinski definition) is 4. The molecule has 1 aromatic rings. The molecule has 1 aliphatic rings. The van der Waals surface area contributed by atoms with Crippen LogP contribution in [0.1, 0.15) is 37.8 Å². The molecule has 1 N–H and O–H groups in total. The molecule has 2 rings (SSSR count). The van der Waals surface area contributed by atoms with E-state index >= 15 is 0 Å². The van der Waals surface area contributed by atoms with Gasteiger partial charge in [-0.2, -0.15) is 5.10 Å². The van der Waals surface area contributed by atoms with Crippen molar-refractivity contribution in [2.24, 2.45) is 5.10 Å². The summed E-state index contributed by atoms with van der Waals surface area (Å²) in [5, 5.41) is 8.34. The van der Waals surface area contributed by atoms with Crippen LogP contribution in [0.5, 0.6) is 0 Å². The van der Waals surface area contributed by atoms with E-state index in [0.29, 0.717) is 24.5 Å². The third kappa shape index (κ3) is 4.47. The number of likely N-dealkylation sites (N-methyl/N-ethyl adjacent to an activating group) is 2. The smallest absolute Gasteiger partial charge is 0.270 e. The Morgan fingerprint density at radius 2 is 1.96 bits per heavy atom. The Kier molecular flexibility index (Phi) is 6.49. The molecule has 140 valence electrons. The maximum Gasteiger partial charge on any atom is 0.270 e. The van der Waals surface area contributed by atoms with Gasteiger partial charge in [-0.1, -0.05) is 12.1 Å². The number of carbonyl (C=O) groups is 3. The summed E-state index contributed by atoms with van der Waals surface area (Å²) in [4.78, 5) is 38.4. The van der Waals surface area contributed by atoms with Gasteiger partial charge in [0.15, 0.2) is 0 Å². The number of amides is 3. The summed E-state index contributed by atoms with van der Waals surface area (Å²) in [5.74, 6) is -0.648. The summed E-state index contributed by atoms with van der Waals surface area (Å²) in [7, 11) is 0. The minimum absolute atomic E-state index is 0.0143. The standard InChI is InChI=1S/C19H26N4O3/c1-5-20-17(24)12-22(6-2)19(26)15-9-10-18(25)23(21-15)16-11-13(3)7-8-14(16)4/h7-8,11H,5-6,9-10,12H2,1-4H3,(H,20,24). The van der Waals surface area contributed by atoms with Crippen molar-refractivity contribution < 1.29 is 14.4 Å². The molecule has 0 saturated heterocycles. The van der Waals surface area contributed by atoms with Crippen LogP contribution in [-0.4, -0.2) is 48.0 Å². The maximum atomic E-state index is 12.8. The second kappa shape index (κ2) is 8.60. The molecule has 0 fully saturated rings. The van der Waals surface area contributed by atoms with Crippen LogP contribution in [-0.2, 0) is 14.4 Å². The molecule has 1 heterocycles. The Bertz CT molecular complexity index is 742. The van der Waals surface area contributed by atoms with Crippen molar-refractivity contribution in [2.45, 2.75) is 40.5 Å². The number of carbonyl (C=O) groups excluding carboxylic acids is 3. The number of nitrogens with one attached hydrogen (secondary N) is 1. The topological polar surface area (TPSA) is 82.1 Å². The molecule has 0 unspecified atom stereocenters. The largest absolute Gasteiger partial charge is 0.355 e. The van der Waals surface area contributed by atoms with Crippen LogP contribution in [0.4, 0.5) is 5.69 Å². The molecule has 0 atom stereocenters. The van der Waals surface area contributed by atoms with Crippen LogP contribution in [0.25, 0.3) is 0 Å². The normalized spacial score (nSPS) is 14.1. The number of anilines is 1. The Morgan fingerprint density at radius 1 is 1.23 bits per heavy atom. The second-order valence-corrected chi connectivity index (χ2v) is 6.32. The van der Waals surface area contributed by atoms with Gasteiger partial charge in [-0.05, 0) is 44.9 Å². The van der Waals surface area contributed by atoms with Crippen LogP contribution in [0, 0.1) is 13.8 Å². The predicted octanol–water partition coefficient (Wildman–Crippen LogP) is 1.77. The van der Waals surface area contributed by atoms with Gasteiger partial charge in [0, 0.05) is 25.9 Å². The van der Waals surface area contributed by atoms with E-state index < -0.39 is 0 Å². The minimum Gasteiger partial charge on any atom is -0.355 e. The van der Waals surface area contributed by atoms with Gasteiger partial charge >= 0.3 is 0 Å². The summed E-state index contributed by atoms with van der Waals surface area (Å²) >= 11 is 0. The Morgan fingerprint density at radius 3 is 2.62 bits per heavy atom. The van der Waals surface area contributed by atoms with Gasteiger partial charge in [0.05, 0.1) is 12.2 Å². The maximum absolute atomic E-state index is 12.8. The summed E-state index contributed by atoms with van der Waals surface area (Å²) in [6.07, 6.45) is 0.502. The molecular weight excluding hydrogens is 332 g/mol. The summed E-state index contributed by atoms with van der Waals surface area (Å²) in [6.45, 7) is 8.38. The lowest BCUT2D eigenvalue weighted by Gasteiger charge is -2.27. The van der Waals surface area contributed by atoms with Gasteiger partial charge in [-0.3, -0.25) is 14.4 Å². The Hall–Kier alpha value is -2.70. The van der Waals surface area contributed by atoms with E-state index in [2.05, 4.69) is 10.4 Å². The van der Waals surface area contributed by atoms with Gasteiger partial charge in [0.2, 0.25) is 11.8 Å². The fourth-order valence-corrected chi connectivity index (χ4v) is 2.78. The lowest BCUT2D eigenvalue weighted by Crippen LogP contribution is -2.45. The van der Waals surface area contributed by atoms with E-state index in [-0.39, 0.29) is 37.1 Å². The highest BCUT2D eigenvalue weighted by Crippen LogP contribution is 2.25. The Balaban J connectivity index is 2.27. The fourth-order valence-electron chi connectivity index (χ4n) is 2.78. The van der Waals surface area contributed by atoms with Gasteiger partial charge in [0.1, 0.15) is 5.71 Å². The Labute approximate surface area is 154 Å². The highest BCUT2D eigenvalue weighted by molar-refractivity contribution is 6.40. The first-order valence-electron chi connectivity index (χ1n) is 8.91. The van der Waals surface area contributed by atoms with Gasteiger partial charge in [0.25, 0.3) is 5.91 Å². The lowest BCUT2D eigenvalue weighted by molar-refractivity contribution is -0.131. The number of nitrogens with zero attached hydrogens (tertiary/aromatic N) is 3. The molecule has 0 bridgehead atoms. The quantitative estimate of drug-likeness (QED) is 0.841. The number of hydrazone groups is 1. The van der Waals surface area contributed by atoms with Crippen molar-refractivity contribution in [1.82, 2.24) is 10.2 Å². The molecule has 0 aromatic heterocycles. The molecular formula is C19H26N4O3. The van der Waals surface area contributed by atoms with Crippen molar-refractivity contribution in [2.75, 3.05) is 24.6 Å². The molecule has 1 aromatic carbocycles. The number of rotatable bonds is 6. The van der Waals surface area contributed by atoms with Gasteiger partial charge in [-0.15, -0.1) is 0 Å². The zero-order valence-electron chi connectivity index (χ0n) is 15.8. The number of benzene rings is 1. The summed E-state index contributed by atoms with van der Waals surface area (Å²) in [6, 6.07) is 5.78. The van der Waals surface area contributed by atoms with Crippen molar-refractivity contribution in [1.29, 1.82) is 0 Å². The lowest BCUT2D eigenvalue weighted by atomic mass is 10.1. The van der Waals surface area contributed by atoms with E-state index in [0.717, 1.165) is 11.1 Å². The first kappa shape index (κ1) is 19.6. The molecule has 3 amide bonds. The predicted molar refractivity (Wildman–Crippen MR) is 101 cm³/mol. The van der Waals surface area contributed by atoms with E-state index in [9.17, 15) is 14.4 Å². The van der Waals surface area contributed by atoms with Crippen molar-refractivity contribution in [3.63, 3.8) is 0 Å². The average molecular weight is 358 g/mol. The van der Waals surface area contributed by atoms with E-state index in [4.69, 9.17) is 0 Å². The molecule has 7 heteroatoms. The number of aryl methyl sites for hydroxylation is 2. The molecule has 26 heavy (non-hydrogen) atoms. The molecule has 0 saturated carbocycles. The van der Waals surface area contributed by atoms with Crippen molar-refractivity contribution in [3.8, 4) is 0 Å². The van der Waals surface area contributed by atoms with Crippen LogP contribution in [0.3, 0.4) is 0 Å². The van der Waals surface area contributed by atoms with Gasteiger partial charge in [-0.25, -0.2) is 5.01 Å². The second-order valence-electron chi connectivity index (χ2n) is 6.32. The minimum atomic E-state index is -0.304. The highest BCUT2D eigenvalue weighted by Gasteiger charge is 2.29. The van der Waals surface area contributed by atoms with Crippen LogP contribution in [0.2, 0.25) is 0 Å². The summed E-state index contributed by atoms with van der Waals surface area (Å²) in [5.41, 5.74) is 2.91. The SMILES string of the molecule is CCNC(=O)CN(CC)C(=O)C1=NN(c2cc(C)ccc2C)C(=O)CC1. The first-order valence-corrected chi connectivity index (χ1v) is 8.91. The third-order valence-corrected chi connectivity index (χ3v) is 4.25. The van der Waals surface area contributed by atoms with Gasteiger partial charge < -0.3 is 10.2 Å². The van der Waals surface area contributed by atoms with E-state index in [1.165, 1.54) is 9.91 Å². The van der Waals surface area contributed by atoms with E-state index in [1.54, 1.807) is 0 Å². The molecule has 7 nitrogen and oxygen atoms in total. The van der Waals surface area contributed by atoms with Crippen molar-refractivity contribution in [3.05, 3.63) is 29.3 Å². The molecule has 1 aliphatic heterocycles. The molecule has 0 radical (unpaired) electrons. The van der Waals surface area contributed by atoms with Crippen LogP contribution in [0.15, 0.2) is 23.3 Å². The monoisotopic (exact) mass is 358 g/mol. The van der Waals surface area contributed by atoms with Crippen LogP contribution >= 0.6 is 0 Å². The highest BCUT2D eigenvalue weighted by atomic mass is 16.2. The van der Waals surface area contributed by atoms with Crippen molar-refractivity contribution >= 4 is 29.1 Å². The number of hydrogen-bond donors (Lipinski definition) is 1. The fraction of sp³-hybridized carbons (Fsp3) is 0.474. The summed E-state index contributed by atoms with van der Waals surface area (Å²) < 4.78 is 0. The van der Waals surface area contributed by atoms with Crippen LogP contribution < -0.4 is 10.3 Å². The average Bonchev–Trinajstić information content (AvgIpc) is 2.62. The zero-order valence-corrected chi connectivity index (χ0v) is 15.8. The molecule has 0 aliphatic carbocycles. The molecule has 0 spiro atoms. The first-order chi connectivity index (χ1) is 12.4.